The number of carbonyl (C=O) groups is 1. The highest BCUT2D eigenvalue weighted by molar-refractivity contribution is 7.91. The van der Waals surface area contributed by atoms with E-state index in [1.54, 1.807) is 12.1 Å². The third kappa shape index (κ3) is 5.32. The van der Waals surface area contributed by atoms with Gasteiger partial charge in [-0.3, -0.25) is 0 Å². The Labute approximate surface area is 161 Å². The molecule has 0 aliphatic heterocycles. The average molecular weight is 390 g/mol. The molecule has 146 valence electrons. The van der Waals surface area contributed by atoms with Crippen molar-refractivity contribution in [3.8, 4) is 0 Å². The van der Waals surface area contributed by atoms with E-state index in [1.165, 1.54) is 24.3 Å². The van der Waals surface area contributed by atoms with Gasteiger partial charge < -0.3 is 10.0 Å². The van der Waals surface area contributed by atoms with Crippen molar-refractivity contribution in [1.29, 1.82) is 0 Å². The zero-order valence-corrected chi connectivity index (χ0v) is 16.7. The van der Waals surface area contributed by atoms with Crippen LogP contribution in [0.3, 0.4) is 0 Å². The van der Waals surface area contributed by atoms with Crippen LogP contribution in [0.2, 0.25) is 0 Å². The normalized spacial score (nSPS) is 11.3. The van der Waals surface area contributed by atoms with Gasteiger partial charge in [0.25, 0.3) is 0 Å². The van der Waals surface area contributed by atoms with Gasteiger partial charge in [0.05, 0.1) is 15.4 Å². The van der Waals surface area contributed by atoms with Crippen molar-refractivity contribution in [2.75, 3.05) is 18.0 Å². The maximum atomic E-state index is 12.8. The topological polar surface area (TPSA) is 74.7 Å². The first-order chi connectivity index (χ1) is 12.9. The van der Waals surface area contributed by atoms with Crippen LogP contribution in [-0.2, 0) is 9.84 Å². The Balaban J connectivity index is 2.24. The van der Waals surface area contributed by atoms with Gasteiger partial charge in [0.2, 0.25) is 9.84 Å². The van der Waals surface area contributed by atoms with E-state index in [4.69, 9.17) is 5.11 Å². The Morgan fingerprint density at radius 1 is 0.852 bits per heavy atom. The van der Waals surface area contributed by atoms with Crippen LogP contribution in [0, 0.1) is 0 Å². The third-order valence-electron chi connectivity index (χ3n) is 4.49. The molecule has 0 spiro atoms. The number of benzene rings is 2. The highest BCUT2D eigenvalue weighted by Gasteiger charge is 2.18. The maximum absolute atomic E-state index is 12.8. The highest BCUT2D eigenvalue weighted by Crippen LogP contribution is 2.24. The maximum Gasteiger partial charge on any atom is 0.335 e. The highest BCUT2D eigenvalue weighted by atomic mass is 32.2. The van der Waals surface area contributed by atoms with Gasteiger partial charge in [0.1, 0.15) is 0 Å². The number of unbranched alkanes of at least 4 members (excludes halogenated alkanes) is 2. The number of sulfone groups is 1. The summed E-state index contributed by atoms with van der Waals surface area (Å²) in [6.07, 6.45) is 4.42. The van der Waals surface area contributed by atoms with Crippen LogP contribution < -0.4 is 4.90 Å². The molecular weight excluding hydrogens is 362 g/mol. The van der Waals surface area contributed by atoms with Crippen LogP contribution in [0.4, 0.5) is 5.69 Å². The van der Waals surface area contributed by atoms with Crippen molar-refractivity contribution in [2.45, 2.75) is 49.3 Å². The summed E-state index contributed by atoms with van der Waals surface area (Å²) < 4.78 is 25.6. The molecule has 0 unspecified atom stereocenters. The second-order valence-electron chi connectivity index (χ2n) is 6.52. The van der Waals surface area contributed by atoms with E-state index in [-0.39, 0.29) is 15.4 Å². The van der Waals surface area contributed by atoms with Crippen molar-refractivity contribution in [1.82, 2.24) is 0 Å². The fourth-order valence-electron chi connectivity index (χ4n) is 2.82. The Morgan fingerprint density at radius 3 is 1.70 bits per heavy atom. The summed E-state index contributed by atoms with van der Waals surface area (Å²) >= 11 is 0. The smallest absolute Gasteiger partial charge is 0.335 e. The minimum atomic E-state index is -3.67. The molecule has 0 aromatic heterocycles. The molecule has 0 aliphatic carbocycles. The summed E-state index contributed by atoms with van der Waals surface area (Å²) in [5, 5.41) is 8.95. The van der Waals surface area contributed by atoms with E-state index < -0.39 is 15.8 Å². The van der Waals surface area contributed by atoms with Crippen LogP contribution in [0.25, 0.3) is 0 Å². The van der Waals surface area contributed by atoms with Gasteiger partial charge in [-0.05, 0) is 61.4 Å². The van der Waals surface area contributed by atoms with Gasteiger partial charge in [-0.15, -0.1) is 0 Å². The zero-order chi connectivity index (χ0) is 19.9. The largest absolute Gasteiger partial charge is 0.478 e. The summed E-state index contributed by atoms with van der Waals surface area (Å²) in [7, 11) is -3.67. The zero-order valence-electron chi connectivity index (χ0n) is 15.9. The monoisotopic (exact) mass is 389 g/mol. The molecule has 0 saturated heterocycles. The molecule has 6 heteroatoms. The van der Waals surface area contributed by atoms with E-state index in [1.807, 2.05) is 12.1 Å². The van der Waals surface area contributed by atoms with Gasteiger partial charge in [-0.1, -0.05) is 26.7 Å². The second kappa shape index (κ2) is 9.55. The number of anilines is 1. The summed E-state index contributed by atoms with van der Waals surface area (Å²) in [6, 6.07) is 12.2. The molecule has 27 heavy (non-hydrogen) atoms. The molecule has 0 aliphatic rings. The van der Waals surface area contributed by atoms with Crippen LogP contribution >= 0.6 is 0 Å². The molecule has 0 heterocycles. The molecule has 0 bridgehead atoms. The molecule has 0 radical (unpaired) electrons. The van der Waals surface area contributed by atoms with Gasteiger partial charge in [-0.2, -0.15) is 0 Å². The van der Waals surface area contributed by atoms with Crippen molar-refractivity contribution in [3.05, 3.63) is 54.1 Å². The van der Waals surface area contributed by atoms with Crippen molar-refractivity contribution in [2.24, 2.45) is 0 Å². The molecular formula is C21H27NO4S. The minimum absolute atomic E-state index is 0.0618. The Morgan fingerprint density at radius 2 is 1.30 bits per heavy atom. The molecule has 1 N–H and O–H groups in total. The van der Waals surface area contributed by atoms with E-state index in [2.05, 4.69) is 18.7 Å². The molecule has 2 aromatic carbocycles. The quantitative estimate of drug-likeness (QED) is 0.641. The summed E-state index contributed by atoms with van der Waals surface area (Å²) in [6.45, 7) is 6.23. The molecule has 0 fully saturated rings. The Hall–Kier alpha value is -2.34. The van der Waals surface area contributed by atoms with Gasteiger partial charge in [0.15, 0.2) is 0 Å². The summed E-state index contributed by atoms with van der Waals surface area (Å²) in [4.78, 5) is 13.5. The second-order valence-corrected chi connectivity index (χ2v) is 8.47. The number of rotatable bonds is 10. The lowest BCUT2D eigenvalue weighted by molar-refractivity contribution is 0.0696. The van der Waals surface area contributed by atoms with Crippen LogP contribution in [0.15, 0.2) is 58.3 Å². The van der Waals surface area contributed by atoms with Crippen LogP contribution in [0.5, 0.6) is 0 Å². The van der Waals surface area contributed by atoms with Crippen molar-refractivity contribution in [3.63, 3.8) is 0 Å². The number of aromatic carboxylic acids is 1. The minimum Gasteiger partial charge on any atom is -0.478 e. The first-order valence-electron chi connectivity index (χ1n) is 9.33. The van der Waals surface area contributed by atoms with Crippen LogP contribution in [0.1, 0.15) is 49.9 Å². The predicted octanol–water partition coefficient (Wildman–Crippen LogP) is 4.62. The van der Waals surface area contributed by atoms with Crippen LogP contribution in [-0.4, -0.2) is 32.6 Å². The Kier molecular flexibility index (Phi) is 7.42. The van der Waals surface area contributed by atoms with Gasteiger partial charge in [-0.25, -0.2) is 13.2 Å². The standard InChI is InChI=1S/C21H27NO4S/c1-3-5-15-22(16-6-4-2)18-9-13-20(14-10-18)27(25,26)19-11-7-17(8-12-19)21(23)24/h7-14H,3-6,15-16H2,1-2H3,(H,23,24). The number of hydrogen-bond donors (Lipinski definition) is 1. The number of carboxylic acid groups (broad SMARTS) is 1. The predicted molar refractivity (Wildman–Crippen MR) is 107 cm³/mol. The first kappa shape index (κ1) is 21.0. The van der Waals surface area contributed by atoms with Gasteiger partial charge in [0, 0.05) is 18.8 Å². The van der Waals surface area contributed by atoms with Gasteiger partial charge >= 0.3 is 5.97 Å². The van der Waals surface area contributed by atoms with E-state index >= 15 is 0 Å². The lowest BCUT2D eigenvalue weighted by atomic mass is 10.2. The average Bonchev–Trinajstić information content (AvgIpc) is 2.68. The molecule has 0 saturated carbocycles. The molecule has 2 rings (SSSR count). The number of hydrogen-bond acceptors (Lipinski definition) is 4. The van der Waals surface area contributed by atoms with Crippen molar-refractivity contribution >= 4 is 21.5 Å². The van der Waals surface area contributed by atoms with E-state index in [0.29, 0.717) is 0 Å². The number of nitrogens with zero attached hydrogens (tertiary/aromatic N) is 1. The lowest BCUT2D eigenvalue weighted by Crippen LogP contribution is -2.25. The Bertz CT molecular complexity index is 835. The van der Waals surface area contributed by atoms with Crippen molar-refractivity contribution < 1.29 is 18.3 Å². The molecule has 0 atom stereocenters. The molecule has 0 amide bonds. The van der Waals surface area contributed by atoms with E-state index in [9.17, 15) is 13.2 Å². The molecule has 2 aromatic rings. The van der Waals surface area contributed by atoms with E-state index in [0.717, 1.165) is 44.5 Å². The summed E-state index contributed by atoms with van der Waals surface area (Å²) in [5.41, 5.74) is 1.09. The summed E-state index contributed by atoms with van der Waals surface area (Å²) in [5.74, 6) is -1.08. The third-order valence-corrected chi connectivity index (χ3v) is 6.27. The fourth-order valence-corrected chi connectivity index (χ4v) is 4.08. The lowest BCUT2D eigenvalue weighted by Gasteiger charge is -2.25. The first-order valence-corrected chi connectivity index (χ1v) is 10.8. The SMILES string of the molecule is CCCCN(CCCC)c1ccc(S(=O)(=O)c2ccc(C(=O)O)cc2)cc1. The number of carboxylic acids is 1. The molecule has 5 nitrogen and oxygen atoms in total. The fraction of sp³-hybridized carbons (Fsp3) is 0.381.